The molecule has 1 saturated carbocycles. The number of rotatable bonds is 3. The number of alkyl halides is 7. The molecule has 3 amide bonds. The maximum absolute atomic E-state index is 14.6. The predicted molar refractivity (Wildman–Crippen MR) is 121 cm³/mol. The van der Waals surface area contributed by atoms with E-state index >= 15 is 0 Å². The minimum absolute atomic E-state index is 0.0778. The van der Waals surface area contributed by atoms with Gasteiger partial charge in [-0.3, -0.25) is 9.59 Å². The molecule has 0 N–H and O–H groups in total. The summed E-state index contributed by atoms with van der Waals surface area (Å²) in [6, 6.07) is 2.11. The molecule has 0 aromatic heterocycles. The van der Waals surface area contributed by atoms with Crippen molar-refractivity contribution in [3.8, 4) is 0 Å². The maximum atomic E-state index is 14.6. The monoisotopic (exact) mass is 564 g/mol. The molecule has 4 aliphatic rings. The number of aryl methyl sites for hydroxylation is 1. The molecule has 2 saturated heterocycles. The molecule has 13 heteroatoms. The second-order valence-electron chi connectivity index (χ2n) is 10.8. The summed E-state index contributed by atoms with van der Waals surface area (Å²) in [4.78, 5) is 40.6. The van der Waals surface area contributed by atoms with Crippen molar-refractivity contribution in [3.63, 3.8) is 0 Å². The summed E-state index contributed by atoms with van der Waals surface area (Å²) in [7, 11) is 0. The van der Waals surface area contributed by atoms with E-state index in [1.165, 1.54) is 0 Å². The van der Waals surface area contributed by atoms with Crippen LogP contribution in [0.25, 0.3) is 0 Å². The van der Waals surface area contributed by atoms with Crippen molar-refractivity contribution >= 4 is 17.9 Å². The number of ether oxygens (including phenoxy) is 1. The zero-order valence-electron chi connectivity index (χ0n) is 20.8. The maximum Gasteiger partial charge on any atom is 0.435 e. The number of carbonyl (C=O) groups is 3. The first-order valence-electron chi connectivity index (χ1n) is 13.0. The summed E-state index contributed by atoms with van der Waals surface area (Å²) in [5.74, 6) is -1.31. The number of fused-ring (bicyclic) bond motifs is 3. The lowest BCUT2D eigenvalue weighted by Gasteiger charge is -2.37. The molecule has 2 aliphatic heterocycles. The average molecular weight is 564 g/mol. The van der Waals surface area contributed by atoms with Gasteiger partial charge in [-0.1, -0.05) is 18.2 Å². The first-order chi connectivity index (χ1) is 18.2. The number of amides is 3. The molecule has 5 rings (SSSR count). The largest absolute Gasteiger partial charge is 0.447 e. The molecule has 0 radical (unpaired) electrons. The van der Waals surface area contributed by atoms with Crippen molar-refractivity contribution in [2.75, 3.05) is 19.7 Å². The summed E-state index contributed by atoms with van der Waals surface area (Å²) in [6.45, 7) is 0.778. The highest BCUT2D eigenvalue weighted by Gasteiger charge is 2.73. The van der Waals surface area contributed by atoms with Gasteiger partial charge in [0.25, 0.3) is 0 Å². The minimum atomic E-state index is -6.17. The summed E-state index contributed by atoms with van der Waals surface area (Å²) in [5, 5.41) is 0. The van der Waals surface area contributed by atoms with E-state index in [1.54, 1.807) is 4.90 Å². The van der Waals surface area contributed by atoms with E-state index in [4.69, 9.17) is 4.74 Å². The van der Waals surface area contributed by atoms with Crippen molar-refractivity contribution in [3.05, 3.63) is 34.9 Å². The van der Waals surface area contributed by atoms with E-state index in [0.717, 1.165) is 11.0 Å². The molecule has 2 atom stereocenters. The van der Waals surface area contributed by atoms with Crippen molar-refractivity contribution in [2.45, 2.75) is 74.9 Å². The highest BCUT2D eigenvalue weighted by molar-refractivity contribution is 5.94. The van der Waals surface area contributed by atoms with Gasteiger partial charge in [-0.15, -0.1) is 0 Å². The summed E-state index contributed by atoms with van der Waals surface area (Å²) >= 11 is 0. The first-order valence-corrected chi connectivity index (χ1v) is 13.0. The standard InChI is InChI=1S/C26H27F7N2O4/c27-24(25(28,29)30,26(31,32)33)17-6-7-18-16(13-17)5-8-20-19(18)9-10-34(20)21(36)14-1-3-15(4-2-14)22(37)35-11-12-39-23(35)38/h6-7,13-15,19-20H,1-5,8-12H2. The topological polar surface area (TPSA) is 66.9 Å². The fourth-order valence-corrected chi connectivity index (χ4v) is 6.67. The number of carbonyl (C=O) groups excluding carboxylic acids is 3. The van der Waals surface area contributed by atoms with Crippen LogP contribution in [0.15, 0.2) is 18.2 Å². The molecular formula is C26H27F7N2O4. The van der Waals surface area contributed by atoms with Gasteiger partial charge in [0.1, 0.15) is 6.61 Å². The Labute approximate surface area is 219 Å². The molecule has 0 spiro atoms. The van der Waals surface area contributed by atoms with Crippen LogP contribution in [0, 0.1) is 11.8 Å². The van der Waals surface area contributed by atoms with Gasteiger partial charge in [-0.05, 0) is 56.1 Å². The Morgan fingerprint density at radius 1 is 0.821 bits per heavy atom. The average Bonchev–Trinajstić information content (AvgIpc) is 3.52. The molecule has 0 bridgehead atoms. The van der Waals surface area contributed by atoms with E-state index in [9.17, 15) is 45.1 Å². The fraction of sp³-hybridized carbons (Fsp3) is 0.654. The van der Waals surface area contributed by atoms with Crippen LogP contribution in [0.5, 0.6) is 0 Å². The quantitative estimate of drug-likeness (QED) is 0.462. The predicted octanol–water partition coefficient (Wildman–Crippen LogP) is 5.39. The van der Waals surface area contributed by atoms with Gasteiger partial charge in [-0.2, -0.15) is 26.3 Å². The zero-order valence-corrected chi connectivity index (χ0v) is 20.8. The minimum Gasteiger partial charge on any atom is -0.447 e. The van der Waals surface area contributed by atoms with E-state index in [0.29, 0.717) is 62.8 Å². The molecule has 2 unspecified atom stereocenters. The van der Waals surface area contributed by atoms with Gasteiger partial charge in [0.05, 0.1) is 6.54 Å². The van der Waals surface area contributed by atoms with E-state index in [1.807, 2.05) is 0 Å². The molecular weight excluding hydrogens is 537 g/mol. The third kappa shape index (κ3) is 4.55. The Morgan fingerprint density at radius 2 is 1.44 bits per heavy atom. The van der Waals surface area contributed by atoms with Crippen LogP contribution in [0.2, 0.25) is 0 Å². The van der Waals surface area contributed by atoms with E-state index < -0.39 is 29.7 Å². The second kappa shape index (κ2) is 9.65. The number of nitrogens with zero attached hydrogens (tertiary/aromatic N) is 2. The van der Waals surface area contributed by atoms with Gasteiger partial charge < -0.3 is 9.64 Å². The SMILES string of the molecule is O=C1OCCN1C(=O)C1CCC(C(=O)N2CCC3c4ccc(C(F)(C(F)(F)F)C(F)(F)F)cc4CCC32)CC1. The summed E-state index contributed by atoms with van der Waals surface area (Å²) < 4.78 is 98.8. The normalized spacial score (nSPS) is 27.7. The van der Waals surface area contributed by atoms with Gasteiger partial charge >= 0.3 is 24.1 Å². The third-order valence-electron chi connectivity index (χ3n) is 8.71. The van der Waals surface area contributed by atoms with Crippen LogP contribution in [0.3, 0.4) is 0 Å². The number of imide groups is 1. The molecule has 1 aromatic carbocycles. The van der Waals surface area contributed by atoms with Gasteiger partial charge in [0.2, 0.25) is 11.8 Å². The number of halogens is 7. The highest BCUT2D eigenvalue weighted by Crippen LogP contribution is 2.54. The van der Waals surface area contributed by atoms with Crippen molar-refractivity contribution in [1.82, 2.24) is 9.80 Å². The highest BCUT2D eigenvalue weighted by atomic mass is 19.4. The lowest BCUT2D eigenvalue weighted by molar-refractivity contribution is -0.348. The lowest BCUT2D eigenvalue weighted by Crippen LogP contribution is -2.50. The molecule has 2 aliphatic carbocycles. The van der Waals surface area contributed by atoms with E-state index in [-0.39, 0.29) is 60.7 Å². The Bertz CT molecular complexity index is 1150. The van der Waals surface area contributed by atoms with Crippen LogP contribution >= 0.6 is 0 Å². The number of hydrogen-bond donors (Lipinski definition) is 0. The molecule has 2 heterocycles. The lowest BCUT2D eigenvalue weighted by atomic mass is 9.77. The van der Waals surface area contributed by atoms with Gasteiger partial charge in [0.15, 0.2) is 0 Å². The van der Waals surface area contributed by atoms with Crippen molar-refractivity contribution in [1.29, 1.82) is 0 Å². The van der Waals surface area contributed by atoms with Crippen LogP contribution < -0.4 is 0 Å². The molecule has 6 nitrogen and oxygen atoms in total. The van der Waals surface area contributed by atoms with Gasteiger partial charge in [-0.25, -0.2) is 14.1 Å². The van der Waals surface area contributed by atoms with E-state index in [2.05, 4.69) is 0 Å². The number of hydrogen-bond acceptors (Lipinski definition) is 4. The number of likely N-dealkylation sites (tertiary alicyclic amines) is 1. The number of cyclic esters (lactones) is 1. The smallest absolute Gasteiger partial charge is 0.435 e. The Balaban J connectivity index is 1.26. The Hall–Kier alpha value is -2.86. The molecule has 3 fully saturated rings. The summed E-state index contributed by atoms with van der Waals surface area (Å²) in [5.41, 5.74) is -6.18. The number of benzene rings is 1. The van der Waals surface area contributed by atoms with Crippen molar-refractivity contribution < 1.29 is 49.9 Å². The fourth-order valence-electron chi connectivity index (χ4n) is 6.67. The summed E-state index contributed by atoms with van der Waals surface area (Å²) in [6.07, 6.45) is -10.2. The van der Waals surface area contributed by atoms with Gasteiger partial charge in [0, 0.05) is 35.9 Å². The molecule has 214 valence electrons. The van der Waals surface area contributed by atoms with Crippen LogP contribution in [-0.2, 0) is 26.4 Å². The zero-order chi connectivity index (χ0) is 28.3. The molecule has 39 heavy (non-hydrogen) atoms. The first kappa shape index (κ1) is 27.7. The van der Waals surface area contributed by atoms with Crippen LogP contribution in [0.1, 0.15) is 61.1 Å². The van der Waals surface area contributed by atoms with Crippen LogP contribution in [0.4, 0.5) is 35.5 Å². The Kier molecular flexibility index (Phi) is 6.85. The third-order valence-corrected chi connectivity index (χ3v) is 8.71. The second-order valence-corrected chi connectivity index (χ2v) is 10.8. The van der Waals surface area contributed by atoms with Crippen molar-refractivity contribution in [2.24, 2.45) is 11.8 Å². The Morgan fingerprint density at radius 3 is 2.00 bits per heavy atom. The van der Waals surface area contributed by atoms with Crippen LogP contribution in [-0.4, -0.2) is 65.8 Å². The molecule has 1 aromatic rings.